The number of ketones is 1. The molecule has 1 aromatic rings. The summed E-state index contributed by atoms with van der Waals surface area (Å²) in [7, 11) is 0. The Morgan fingerprint density at radius 3 is 2.69 bits per heavy atom. The van der Waals surface area contributed by atoms with Gasteiger partial charge in [-0.25, -0.2) is 0 Å². The fourth-order valence-corrected chi connectivity index (χ4v) is 1.61. The van der Waals surface area contributed by atoms with Gasteiger partial charge in [-0.3, -0.25) is 4.79 Å². The first-order chi connectivity index (χ1) is 6.11. The molecule has 0 aromatic heterocycles. The van der Waals surface area contributed by atoms with Crippen molar-refractivity contribution in [2.45, 2.75) is 18.7 Å². The Balaban J connectivity index is 2.74. The van der Waals surface area contributed by atoms with Crippen LogP contribution in [-0.2, 0) is 11.2 Å². The third-order valence-electron chi connectivity index (χ3n) is 1.80. The summed E-state index contributed by atoms with van der Waals surface area (Å²) in [6.07, 6.45) is 0.582. The molecule has 0 aliphatic heterocycles. The van der Waals surface area contributed by atoms with E-state index >= 15 is 0 Å². The molecule has 0 saturated heterocycles. The van der Waals surface area contributed by atoms with E-state index in [9.17, 15) is 4.79 Å². The van der Waals surface area contributed by atoms with Crippen molar-refractivity contribution in [2.75, 3.05) is 0 Å². The van der Waals surface area contributed by atoms with Gasteiger partial charge >= 0.3 is 0 Å². The average molecular weight is 262 g/mol. The number of Topliss-reactive ketones (excluding diaryl/α,β-unsaturated/α-hetero) is 1. The van der Waals surface area contributed by atoms with Crippen LogP contribution >= 0.6 is 27.5 Å². The average Bonchev–Trinajstić information content (AvgIpc) is 2.08. The summed E-state index contributed by atoms with van der Waals surface area (Å²) >= 11 is 9.26. The van der Waals surface area contributed by atoms with Gasteiger partial charge in [-0.1, -0.05) is 34.1 Å². The predicted molar refractivity (Wildman–Crippen MR) is 58.2 cm³/mol. The van der Waals surface area contributed by atoms with E-state index in [0.29, 0.717) is 6.42 Å². The summed E-state index contributed by atoms with van der Waals surface area (Å²) in [5.74, 6) is 0.0115. The molecular formula is C10H10BrClO. The number of alkyl halides is 1. The van der Waals surface area contributed by atoms with Crippen LogP contribution in [0.25, 0.3) is 0 Å². The molecule has 1 unspecified atom stereocenters. The molecule has 1 aromatic carbocycles. The van der Waals surface area contributed by atoms with Gasteiger partial charge in [0.25, 0.3) is 0 Å². The highest BCUT2D eigenvalue weighted by molar-refractivity contribution is 9.10. The molecule has 0 radical (unpaired) electrons. The Morgan fingerprint density at radius 2 is 2.15 bits per heavy atom. The lowest BCUT2D eigenvalue weighted by Gasteiger charge is -2.06. The lowest BCUT2D eigenvalue weighted by molar-refractivity contribution is -0.116. The third kappa shape index (κ3) is 3.12. The molecule has 1 atom stereocenters. The molecular weight excluding hydrogens is 251 g/mol. The minimum Gasteiger partial charge on any atom is -0.298 e. The second-order valence-corrected chi connectivity index (χ2v) is 4.25. The highest BCUT2D eigenvalue weighted by Gasteiger charge is 2.12. The topological polar surface area (TPSA) is 17.1 Å². The maximum atomic E-state index is 10.9. The summed E-state index contributed by atoms with van der Waals surface area (Å²) in [6, 6.07) is 7.77. The van der Waals surface area contributed by atoms with Crippen molar-refractivity contribution >= 4 is 33.3 Å². The molecule has 0 spiro atoms. The van der Waals surface area contributed by atoms with Crippen molar-refractivity contribution in [3.8, 4) is 0 Å². The molecule has 0 aliphatic rings. The van der Waals surface area contributed by atoms with Crippen LogP contribution in [0.5, 0.6) is 0 Å². The van der Waals surface area contributed by atoms with Gasteiger partial charge in [-0.2, -0.15) is 0 Å². The third-order valence-corrected chi connectivity index (χ3v) is 3.03. The largest absolute Gasteiger partial charge is 0.298 e. The van der Waals surface area contributed by atoms with Crippen LogP contribution in [-0.4, -0.2) is 11.2 Å². The predicted octanol–water partition coefficient (Wildman–Crippen LogP) is 3.19. The number of carbonyl (C=O) groups is 1. The van der Waals surface area contributed by atoms with Gasteiger partial charge in [0.15, 0.2) is 0 Å². The van der Waals surface area contributed by atoms with Crippen molar-refractivity contribution < 1.29 is 4.79 Å². The highest BCUT2D eigenvalue weighted by atomic mass is 79.9. The second-order valence-electron chi connectivity index (χ2n) is 2.87. The van der Waals surface area contributed by atoms with E-state index in [0.717, 1.165) is 10.0 Å². The summed E-state index contributed by atoms with van der Waals surface area (Å²) in [4.78, 5) is 10.9. The van der Waals surface area contributed by atoms with Gasteiger partial charge in [0.05, 0.1) is 5.38 Å². The number of rotatable bonds is 3. The van der Waals surface area contributed by atoms with E-state index in [1.54, 1.807) is 0 Å². The Morgan fingerprint density at radius 1 is 1.54 bits per heavy atom. The smallest absolute Gasteiger partial charge is 0.147 e. The molecule has 0 heterocycles. The van der Waals surface area contributed by atoms with Crippen LogP contribution in [0.15, 0.2) is 28.7 Å². The standard InChI is InChI=1S/C10H10BrClO/c1-7(13)10(12)6-8-4-2-3-5-9(8)11/h2-5,10H,6H2,1H3. The first kappa shape index (κ1) is 10.7. The van der Waals surface area contributed by atoms with Gasteiger partial charge in [-0.15, -0.1) is 11.6 Å². The molecule has 0 fully saturated rings. The molecule has 0 N–H and O–H groups in total. The zero-order valence-corrected chi connectivity index (χ0v) is 9.60. The molecule has 0 amide bonds. The van der Waals surface area contributed by atoms with Crippen molar-refractivity contribution in [1.82, 2.24) is 0 Å². The van der Waals surface area contributed by atoms with E-state index in [-0.39, 0.29) is 5.78 Å². The van der Waals surface area contributed by atoms with Crippen molar-refractivity contribution in [3.05, 3.63) is 34.3 Å². The Bertz CT molecular complexity index is 312. The van der Waals surface area contributed by atoms with Crippen molar-refractivity contribution in [2.24, 2.45) is 0 Å². The first-order valence-corrected chi connectivity index (χ1v) is 5.22. The van der Waals surface area contributed by atoms with Gasteiger partial charge < -0.3 is 0 Å². The quantitative estimate of drug-likeness (QED) is 0.764. The van der Waals surface area contributed by atoms with Gasteiger partial charge in [0.1, 0.15) is 5.78 Å². The highest BCUT2D eigenvalue weighted by Crippen LogP contribution is 2.19. The number of hydrogen-bond donors (Lipinski definition) is 0. The maximum absolute atomic E-state index is 10.9. The number of benzene rings is 1. The molecule has 70 valence electrons. The van der Waals surface area contributed by atoms with Crippen LogP contribution in [0.1, 0.15) is 12.5 Å². The molecule has 0 aliphatic carbocycles. The lowest BCUT2D eigenvalue weighted by Crippen LogP contribution is -2.13. The molecule has 13 heavy (non-hydrogen) atoms. The Kier molecular flexibility index (Phi) is 3.94. The van der Waals surface area contributed by atoms with Crippen LogP contribution in [0.3, 0.4) is 0 Å². The Labute approximate surface area is 91.2 Å². The number of carbonyl (C=O) groups excluding carboxylic acids is 1. The van der Waals surface area contributed by atoms with Crippen LogP contribution < -0.4 is 0 Å². The van der Waals surface area contributed by atoms with Crippen LogP contribution in [0, 0.1) is 0 Å². The van der Waals surface area contributed by atoms with E-state index in [1.165, 1.54) is 6.92 Å². The van der Waals surface area contributed by atoms with Gasteiger partial charge in [0, 0.05) is 4.47 Å². The fourth-order valence-electron chi connectivity index (χ4n) is 1.00. The van der Waals surface area contributed by atoms with E-state index < -0.39 is 5.38 Å². The maximum Gasteiger partial charge on any atom is 0.147 e. The summed E-state index contributed by atoms with van der Waals surface area (Å²) in [5, 5.41) is -0.418. The lowest BCUT2D eigenvalue weighted by atomic mass is 10.1. The monoisotopic (exact) mass is 260 g/mol. The van der Waals surface area contributed by atoms with E-state index in [2.05, 4.69) is 15.9 Å². The Hall–Kier alpha value is -0.340. The second kappa shape index (κ2) is 4.77. The fraction of sp³-hybridized carbons (Fsp3) is 0.300. The number of halogens is 2. The van der Waals surface area contributed by atoms with Gasteiger partial charge in [-0.05, 0) is 25.0 Å². The summed E-state index contributed by atoms with van der Waals surface area (Å²) in [5.41, 5.74) is 1.07. The minimum absolute atomic E-state index is 0.0115. The van der Waals surface area contributed by atoms with Crippen LogP contribution in [0.2, 0.25) is 0 Å². The zero-order chi connectivity index (χ0) is 9.84. The van der Waals surface area contributed by atoms with E-state index in [4.69, 9.17) is 11.6 Å². The normalized spacial score (nSPS) is 12.5. The summed E-state index contributed by atoms with van der Waals surface area (Å²) in [6.45, 7) is 1.51. The molecule has 1 rings (SSSR count). The number of hydrogen-bond acceptors (Lipinski definition) is 1. The van der Waals surface area contributed by atoms with Gasteiger partial charge in [0.2, 0.25) is 0 Å². The molecule has 3 heteroatoms. The molecule has 0 bridgehead atoms. The van der Waals surface area contributed by atoms with Crippen molar-refractivity contribution in [3.63, 3.8) is 0 Å². The summed E-state index contributed by atoms with van der Waals surface area (Å²) < 4.78 is 1.00. The van der Waals surface area contributed by atoms with E-state index in [1.807, 2.05) is 24.3 Å². The minimum atomic E-state index is -0.418. The molecule has 0 saturated carbocycles. The first-order valence-electron chi connectivity index (χ1n) is 3.99. The van der Waals surface area contributed by atoms with Crippen molar-refractivity contribution in [1.29, 1.82) is 0 Å². The zero-order valence-electron chi connectivity index (χ0n) is 7.26. The van der Waals surface area contributed by atoms with Crippen LogP contribution in [0.4, 0.5) is 0 Å². The molecule has 1 nitrogen and oxygen atoms in total. The SMILES string of the molecule is CC(=O)C(Cl)Cc1ccccc1Br.